The Morgan fingerprint density at radius 2 is 2.07 bits per heavy atom. The van der Waals surface area contributed by atoms with E-state index in [1.54, 1.807) is 6.21 Å². The quantitative estimate of drug-likeness (QED) is 0.391. The fourth-order valence-electron chi connectivity index (χ4n) is 2.81. The molecule has 1 aliphatic rings. The van der Waals surface area contributed by atoms with Gasteiger partial charge >= 0.3 is 0 Å². The number of nitrogens with zero attached hydrogens (tertiary/aromatic N) is 4. The molecule has 0 spiro atoms. The molecular formula is C19H25N5O4S. The second-order valence-electron chi connectivity index (χ2n) is 6.69. The standard InChI is InChI=1S/C19H25N5O4S/c1-15-4-3-5-16(12-15)14-20-23-18-13-19(24-7-10-27-11-8-24)22-17(21-18)6-9-28-29(2,25)26/h3-5,12-14H,6-11H2,1-2H3,(H,21,22,23)/b20-14-. The Balaban J connectivity index is 1.75. The Hall–Kier alpha value is -2.56. The number of aryl methyl sites for hydroxylation is 1. The van der Waals surface area contributed by atoms with Gasteiger partial charge < -0.3 is 9.64 Å². The van der Waals surface area contributed by atoms with Crippen LogP contribution in [0.5, 0.6) is 0 Å². The summed E-state index contributed by atoms with van der Waals surface area (Å²) in [6.07, 6.45) is 3.00. The zero-order chi connectivity index (χ0) is 20.7. The highest BCUT2D eigenvalue weighted by molar-refractivity contribution is 7.85. The minimum Gasteiger partial charge on any atom is -0.378 e. The third kappa shape index (κ3) is 7.08. The number of benzene rings is 1. The van der Waals surface area contributed by atoms with E-state index >= 15 is 0 Å². The minimum atomic E-state index is -3.51. The molecule has 0 bridgehead atoms. The molecule has 0 aliphatic carbocycles. The van der Waals surface area contributed by atoms with Crippen LogP contribution in [-0.2, 0) is 25.5 Å². The van der Waals surface area contributed by atoms with Gasteiger partial charge in [0, 0.05) is 25.6 Å². The fourth-order valence-corrected chi connectivity index (χ4v) is 3.20. The third-order valence-electron chi connectivity index (χ3n) is 4.15. The number of hydrogen-bond donors (Lipinski definition) is 1. The van der Waals surface area contributed by atoms with Gasteiger partial charge in [0.15, 0.2) is 5.82 Å². The van der Waals surface area contributed by atoms with Crippen LogP contribution in [0.4, 0.5) is 11.6 Å². The molecule has 3 rings (SSSR count). The maximum absolute atomic E-state index is 11.2. The van der Waals surface area contributed by atoms with Crippen molar-refractivity contribution in [3.05, 3.63) is 47.3 Å². The van der Waals surface area contributed by atoms with Gasteiger partial charge in [0.05, 0.1) is 32.3 Å². The first-order valence-corrected chi connectivity index (χ1v) is 11.1. The Labute approximate surface area is 170 Å². The van der Waals surface area contributed by atoms with E-state index < -0.39 is 10.1 Å². The first-order chi connectivity index (χ1) is 13.9. The Bertz CT molecular complexity index is 959. The summed E-state index contributed by atoms with van der Waals surface area (Å²) in [4.78, 5) is 11.1. The summed E-state index contributed by atoms with van der Waals surface area (Å²) in [6.45, 7) is 4.71. The first-order valence-electron chi connectivity index (χ1n) is 9.30. The smallest absolute Gasteiger partial charge is 0.264 e. The van der Waals surface area contributed by atoms with E-state index in [0.717, 1.165) is 36.3 Å². The van der Waals surface area contributed by atoms with Crippen LogP contribution >= 0.6 is 0 Å². The molecule has 1 saturated heterocycles. The number of aromatic nitrogens is 2. The lowest BCUT2D eigenvalue weighted by atomic mass is 10.2. The van der Waals surface area contributed by atoms with Gasteiger partial charge in [-0.1, -0.05) is 29.8 Å². The number of morpholine rings is 1. The van der Waals surface area contributed by atoms with E-state index in [1.807, 2.05) is 37.3 Å². The van der Waals surface area contributed by atoms with Crippen molar-refractivity contribution in [2.24, 2.45) is 5.10 Å². The van der Waals surface area contributed by atoms with Crippen LogP contribution in [0, 0.1) is 6.92 Å². The summed E-state index contributed by atoms with van der Waals surface area (Å²) in [6, 6.07) is 9.80. The van der Waals surface area contributed by atoms with Crippen molar-refractivity contribution >= 4 is 28.0 Å². The maximum atomic E-state index is 11.2. The van der Waals surface area contributed by atoms with E-state index in [0.29, 0.717) is 24.9 Å². The Morgan fingerprint density at radius 1 is 1.28 bits per heavy atom. The van der Waals surface area contributed by atoms with Crippen molar-refractivity contribution in [3.63, 3.8) is 0 Å². The predicted molar refractivity (Wildman–Crippen MR) is 112 cm³/mol. The summed E-state index contributed by atoms with van der Waals surface area (Å²) in [7, 11) is -3.51. The Kier molecular flexibility index (Phi) is 7.13. The number of hydrazone groups is 1. The lowest BCUT2D eigenvalue weighted by molar-refractivity contribution is 0.122. The van der Waals surface area contributed by atoms with Crippen molar-refractivity contribution in [1.29, 1.82) is 0 Å². The van der Waals surface area contributed by atoms with E-state index in [4.69, 9.17) is 8.92 Å². The van der Waals surface area contributed by atoms with Crippen LogP contribution in [-0.4, -0.2) is 63.8 Å². The molecule has 10 heteroatoms. The van der Waals surface area contributed by atoms with Gasteiger partial charge in [0.1, 0.15) is 11.6 Å². The lowest BCUT2D eigenvalue weighted by Gasteiger charge is -2.28. The molecule has 0 radical (unpaired) electrons. The first kappa shape index (κ1) is 21.2. The third-order valence-corrected chi connectivity index (χ3v) is 4.75. The van der Waals surface area contributed by atoms with E-state index in [-0.39, 0.29) is 13.0 Å². The molecule has 1 aromatic carbocycles. The van der Waals surface area contributed by atoms with Gasteiger partial charge in [-0.25, -0.2) is 9.97 Å². The summed E-state index contributed by atoms with van der Waals surface area (Å²) in [5, 5.41) is 4.26. The average Bonchev–Trinajstić information content (AvgIpc) is 2.68. The van der Waals surface area contributed by atoms with Crippen LogP contribution in [0.15, 0.2) is 35.4 Å². The van der Waals surface area contributed by atoms with Crippen molar-refractivity contribution in [2.45, 2.75) is 13.3 Å². The number of anilines is 2. The summed E-state index contributed by atoms with van der Waals surface area (Å²) < 4.78 is 32.6. The van der Waals surface area contributed by atoms with Crippen molar-refractivity contribution in [3.8, 4) is 0 Å². The van der Waals surface area contributed by atoms with Crippen molar-refractivity contribution < 1.29 is 17.3 Å². The molecule has 1 fully saturated rings. The highest BCUT2D eigenvalue weighted by atomic mass is 32.2. The van der Waals surface area contributed by atoms with Crippen LogP contribution < -0.4 is 10.3 Å². The second-order valence-corrected chi connectivity index (χ2v) is 8.33. The van der Waals surface area contributed by atoms with Crippen LogP contribution in [0.1, 0.15) is 17.0 Å². The van der Waals surface area contributed by atoms with Gasteiger partial charge in [0.2, 0.25) is 0 Å². The minimum absolute atomic E-state index is 0.0165. The molecule has 1 aliphatic heterocycles. The molecule has 0 amide bonds. The van der Waals surface area contributed by atoms with Crippen molar-refractivity contribution in [2.75, 3.05) is 49.5 Å². The van der Waals surface area contributed by atoms with E-state index in [2.05, 4.69) is 25.4 Å². The number of rotatable bonds is 8. The van der Waals surface area contributed by atoms with Crippen LogP contribution in [0.3, 0.4) is 0 Å². The number of ether oxygens (including phenoxy) is 1. The molecule has 0 unspecified atom stereocenters. The largest absolute Gasteiger partial charge is 0.378 e. The molecule has 2 aromatic rings. The lowest BCUT2D eigenvalue weighted by Crippen LogP contribution is -2.37. The Morgan fingerprint density at radius 3 is 2.79 bits per heavy atom. The monoisotopic (exact) mass is 419 g/mol. The molecule has 9 nitrogen and oxygen atoms in total. The zero-order valence-corrected chi connectivity index (χ0v) is 17.4. The fraction of sp³-hybridized carbons (Fsp3) is 0.421. The summed E-state index contributed by atoms with van der Waals surface area (Å²) in [5.41, 5.74) is 5.07. The SMILES string of the molecule is Cc1cccc(/C=N\Nc2cc(N3CCOCC3)nc(CCOS(C)(=O)=O)n2)c1. The molecule has 1 aromatic heterocycles. The molecule has 2 heterocycles. The van der Waals surface area contributed by atoms with Crippen molar-refractivity contribution in [1.82, 2.24) is 9.97 Å². The number of nitrogens with one attached hydrogen (secondary N) is 1. The molecule has 0 saturated carbocycles. The van der Waals surface area contributed by atoms with Gasteiger partial charge in [-0.15, -0.1) is 0 Å². The summed E-state index contributed by atoms with van der Waals surface area (Å²) >= 11 is 0. The molecule has 1 N–H and O–H groups in total. The highest BCUT2D eigenvalue weighted by Crippen LogP contribution is 2.18. The molecule has 0 atom stereocenters. The molecule has 29 heavy (non-hydrogen) atoms. The summed E-state index contributed by atoms with van der Waals surface area (Å²) in [5.74, 6) is 1.75. The predicted octanol–water partition coefficient (Wildman–Crippen LogP) is 1.59. The van der Waals surface area contributed by atoms with E-state index in [9.17, 15) is 8.42 Å². The van der Waals surface area contributed by atoms with Gasteiger partial charge in [0.25, 0.3) is 10.1 Å². The highest BCUT2D eigenvalue weighted by Gasteiger charge is 2.15. The van der Waals surface area contributed by atoms with Gasteiger partial charge in [-0.2, -0.15) is 13.5 Å². The van der Waals surface area contributed by atoms with E-state index in [1.165, 1.54) is 0 Å². The van der Waals surface area contributed by atoms with Crippen LogP contribution in [0.25, 0.3) is 0 Å². The number of hydrogen-bond acceptors (Lipinski definition) is 9. The van der Waals surface area contributed by atoms with Gasteiger partial charge in [-0.3, -0.25) is 9.61 Å². The second kappa shape index (κ2) is 9.77. The van der Waals surface area contributed by atoms with Gasteiger partial charge in [-0.05, 0) is 12.5 Å². The average molecular weight is 420 g/mol. The topological polar surface area (TPSA) is 106 Å². The van der Waals surface area contributed by atoms with Crippen LogP contribution in [0.2, 0.25) is 0 Å². The molecular weight excluding hydrogens is 394 g/mol. The zero-order valence-electron chi connectivity index (χ0n) is 16.5. The maximum Gasteiger partial charge on any atom is 0.264 e. The normalized spacial score (nSPS) is 15.0. The molecule has 156 valence electrons.